The zero-order valence-electron chi connectivity index (χ0n) is 12.8. The molecular formula is C15H26N2O2S. The van der Waals surface area contributed by atoms with Crippen molar-refractivity contribution in [2.75, 3.05) is 13.1 Å². The summed E-state index contributed by atoms with van der Waals surface area (Å²) in [7, 11) is -3.39. The summed E-state index contributed by atoms with van der Waals surface area (Å²) in [6.45, 7) is 9.56. The molecule has 2 N–H and O–H groups in total. The fraction of sp³-hybridized carbons (Fsp3) is 0.600. The Bertz CT molecular complexity index is 497. The molecule has 2 unspecified atom stereocenters. The first kappa shape index (κ1) is 17.1. The van der Waals surface area contributed by atoms with Crippen molar-refractivity contribution in [3.05, 3.63) is 29.8 Å². The van der Waals surface area contributed by atoms with E-state index in [0.29, 0.717) is 17.4 Å². The number of hydrogen-bond donors (Lipinski definition) is 2. The van der Waals surface area contributed by atoms with E-state index in [-0.39, 0.29) is 6.04 Å². The van der Waals surface area contributed by atoms with E-state index in [1.54, 1.807) is 12.1 Å². The average molecular weight is 298 g/mol. The second-order valence-electron chi connectivity index (χ2n) is 5.21. The largest absolute Gasteiger partial charge is 0.310 e. The monoisotopic (exact) mass is 298 g/mol. The summed E-state index contributed by atoms with van der Waals surface area (Å²) in [5, 5.41) is 3.30. The van der Waals surface area contributed by atoms with Crippen molar-refractivity contribution in [2.45, 2.75) is 45.1 Å². The van der Waals surface area contributed by atoms with Crippen LogP contribution < -0.4 is 10.0 Å². The van der Waals surface area contributed by atoms with E-state index < -0.39 is 10.0 Å². The Morgan fingerprint density at radius 2 is 1.70 bits per heavy atom. The van der Waals surface area contributed by atoms with E-state index in [9.17, 15) is 8.42 Å². The Morgan fingerprint density at radius 1 is 1.10 bits per heavy atom. The molecule has 0 heterocycles. The molecule has 0 fully saturated rings. The lowest BCUT2D eigenvalue weighted by Crippen LogP contribution is -2.28. The molecule has 0 bridgehead atoms. The summed E-state index contributed by atoms with van der Waals surface area (Å²) in [4.78, 5) is 0.327. The van der Waals surface area contributed by atoms with E-state index in [1.165, 1.54) is 0 Å². The normalized spacial score (nSPS) is 15.0. The van der Waals surface area contributed by atoms with E-state index in [2.05, 4.69) is 23.9 Å². The maximum atomic E-state index is 12.1. The smallest absolute Gasteiger partial charge is 0.240 e. The molecule has 0 amide bonds. The van der Waals surface area contributed by atoms with Crippen LogP contribution in [0.15, 0.2) is 29.2 Å². The van der Waals surface area contributed by atoms with Gasteiger partial charge in [-0.25, -0.2) is 13.1 Å². The van der Waals surface area contributed by atoms with Gasteiger partial charge in [-0.3, -0.25) is 0 Å². The molecule has 1 aromatic rings. The van der Waals surface area contributed by atoms with Crippen molar-refractivity contribution in [1.82, 2.24) is 10.0 Å². The molecule has 0 aliphatic rings. The molecule has 0 aliphatic carbocycles. The zero-order chi connectivity index (χ0) is 15.2. The van der Waals surface area contributed by atoms with Gasteiger partial charge in [-0.1, -0.05) is 39.3 Å². The summed E-state index contributed by atoms with van der Waals surface area (Å²) in [5.74, 6) is 0.345. The lowest BCUT2D eigenvalue weighted by Gasteiger charge is -2.14. The highest BCUT2D eigenvalue weighted by Crippen LogP contribution is 2.16. The van der Waals surface area contributed by atoms with Crippen LogP contribution in [0, 0.1) is 5.92 Å². The molecule has 0 saturated carbocycles. The number of sulfonamides is 1. The number of rotatable bonds is 8. The fourth-order valence-corrected chi connectivity index (χ4v) is 3.00. The Morgan fingerprint density at radius 3 is 2.20 bits per heavy atom. The van der Waals surface area contributed by atoms with Gasteiger partial charge in [0.25, 0.3) is 0 Å². The zero-order valence-corrected chi connectivity index (χ0v) is 13.6. The average Bonchev–Trinajstić information content (AvgIpc) is 2.45. The van der Waals surface area contributed by atoms with E-state index in [1.807, 2.05) is 26.0 Å². The van der Waals surface area contributed by atoms with Gasteiger partial charge < -0.3 is 5.32 Å². The molecule has 5 heteroatoms. The molecule has 0 saturated heterocycles. The lowest BCUT2D eigenvalue weighted by molar-refractivity contribution is 0.528. The van der Waals surface area contributed by atoms with Crippen LogP contribution in [-0.2, 0) is 10.0 Å². The highest BCUT2D eigenvalue weighted by molar-refractivity contribution is 7.89. The van der Waals surface area contributed by atoms with Crippen molar-refractivity contribution in [2.24, 2.45) is 5.92 Å². The van der Waals surface area contributed by atoms with E-state index in [0.717, 1.165) is 18.5 Å². The van der Waals surface area contributed by atoms with Gasteiger partial charge in [0, 0.05) is 12.6 Å². The third kappa shape index (κ3) is 4.89. The van der Waals surface area contributed by atoms with Crippen LogP contribution in [0.25, 0.3) is 0 Å². The Balaban J connectivity index is 2.76. The van der Waals surface area contributed by atoms with Crippen LogP contribution in [0.3, 0.4) is 0 Å². The Kier molecular flexibility index (Phi) is 6.65. The van der Waals surface area contributed by atoms with Crippen LogP contribution in [-0.4, -0.2) is 21.5 Å². The Labute approximate surface area is 123 Å². The summed E-state index contributed by atoms with van der Waals surface area (Å²) in [6.07, 6.45) is 0.960. The molecule has 0 radical (unpaired) electrons. The lowest BCUT2D eigenvalue weighted by atomic mass is 10.1. The third-order valence-electron chi connectivity index (χ3n) is 3.52. The maximum absolute atomic E-state index is 12.1. The highest BCUT2D eigenvalue weighted by atomic mass is 32.2. The Hall–Kier alpha value is -0.910. The highest BCUT2D eigenvalue weighted by Gasteiger charge is 2.15. The van der Waals surface area contributed by atoms with Crippen molar-refractivity contribution >= 4 is 10.0 Å². The maximum Gasteiger partial charge on any atom is 0.240 e. The van der Waals surface area contributed by atoms with Crippen LogP contribution >= 0.6 is 0 Å². The molecule has 114 valence electrons. The van der Waals surface area contributed by atoms with Gasteiger partial charge >= 0.3 is 0 Å². The molecule has 2 atom stereocenters. The molecule has 1 rings (SSSR count). The van der Waals surface area contributed by atoms with Crippen LogP contribution in [0.2, 0.25) is 0 Å². The summed E-state index contributed by atoms with van der Waals surface area (Å²) in [5.41, 5.74) is 1.09. The molecule has 0 aliphatic heterocycles. The van der Waals surface area contributed by atoms with E-state index >= 15 is 0 Å². The van der Waals surface area contributed by atoms with Gasteiger partial charge in [-0.05, 0) is 37.1 Å². The van der Waals surface area contributed by atoms with Gasteiger partial charge in [0.15, 0.2) is 0 Å². The summed E-state index contributed by atoms with van der Waals surface area (Å²) >= 11 is 0. The predicted octanol–water partition coefficient (Wildman–Crippen LogP) is 2.68. The SMILES string of the molecule is CCNC(C)c1ccc(S(=O)(=O)NCC(C)CC)cc1. The molecule has 0 spiro atoms. The predicted molar refractivity (Wildman–Crippen MR) is 83.2 cm³/mol. The summed E-state index contributed by atoms with van der Waals surface area (Å²) in [6, 6.07) is 7.30. The number of benzene rings is 1. The van der Waals surface area contributed by atoms with Crippen molar-refractivity contribution in [3.63, 3.8) is 0 Å². The van der Waals surface area contributed by atoms with Gasteiger partial charge in [0.2, 0.25) is 10.0 Å². The molecule has 0 aromatic heterocycles. The quantitative estimate of drug-likeness (QED) is 0.776. The van der Waals surface area contributed by atoms with Crippen LogP contribution in [0.5, 0.6) is 0 Å². The number of nitrogens with one attached hydrogen (secondary N) is 2. The third-order valence-corrected chi connectivity index (χ3v) is 4.96. The van der Waals surface area contributed by atoms with Crippen LogP contribution in [0.1, 0.15) is 45.7 Å². The van der Waals surface area contributed by atoms with Gasteiger partial charge in [-0.15, -0.1) is 0 Å². The van der Waals surface area contributed by atoms with Gasteiger partial charge in [0.1, 0.15) is 0 Å². The first-order valence-electron chi connectivity index (χ1n) is 7.23. The minimum absolute atomic E-state index is 0.227. The van der Waals surface area contributed by atoms with Crippen molar-refractivity contribution in [3.8, 4) is 0 Å². The first-order chi connectivity index (χ1) is 9.40. The second-order valence-corrected chi connectivity index (χ2v) is 6.98. The standard InChI is InChI=1S/C15H26N2O2S/c1-5-12(3)11-17-20(18,19)15-9-7-14(8-10-15)13(4)16-6-2/h7-10,12-13,16-17H,5-6,11H2,1-4H3. The fourth-order valence-electron chi connectivity index (χ4n) is 1.84. The van der Waals surface area contributed by atoms with Crippen molar-refractivity contribution < 1.29 is 8.42 Å². The van der Waals surface area contributed by atoms with Gasteiger partial charge in [0.05, 0.1) is 4.90 Å². The minimum atomic E-state index is -3.39. The van der Waals surface area contributed by atoms with Gasteiger partial charge in [-0.2, -0.15) is 0 Å². The van der Waals surface area contributed by atoms with Crippen molar-refractivity contribution in [1.29, 1.82) is 0 Å². The van der Waals surface area contributed by atoms with Crippen LogP contribution in [0.4, 0.5) is 0 Å². The first-order valence-corrected chi connectivity index (χ1v) is 8.72. The summed E-state index contributed by atoms with van der Waals surface area (Å²) < 4.78 is 26.9. The minimum Gasteiger partial charge on any atom is -0.310 e. The topological polar surface area (TPSA) is 58.2 Å². The molecule has 20 heavy (non-hydrogen) atoms. The van der Waals surface area contributed by atoms with E-state index in [4.69, 9.17) is 0 Å². The molecule has 1 aromatic carbocycles. The second kappa shape index (κ2) is 7.76. The molecule has 4 nitrogen and oxygen atoms in total. The number of hydrogen-bond acceptors (Lipinski definition) is 3. The molecular weight excluding hydrogens is 272 g/mol.